The first-order chi connectivity index (χ1) is 11.7. The lowest BCUT2D eigenvalue weighted by Gasteiger charge is -2.06. The number of hydrogen-bond acceptors (Lipinski definition) is 3. The first kappa shape index (κ1) is 17.7. The zero-order chi connectivity index (χ0) is 17.5. The van der Waals surface area contributed by atoms with Crippen molar-refractivity contribution in [1.29, 1.82) is 5.26 Å². The van der Waals surface area contributed by atoms with Crippen LogP contribution in [0.1, 0.15) is 34.1 Å². The van der Waals surface area contributed by atoms with Crippen LogP contribution in [0.25, 0.3) is 0 Å². The molecule has 0 saturated carbocycles. The second kappa shape index (κ2) is 8.31. The number of amidine groups is 1. The molecule has 0 amide bonds. The van der Waals surface area contributed by atoms with Crippen molar-refractivity contribution in [2.24, 2.45) is 10.9 Å². The van der Waals surface area contributed by atoms with E-state index in [2.05, 4.69) is 49.5 Å². The second-order valence-corrected chi connectivity index (χ2v) is 5.89. The van der Waals surface area contributed by atoms with Crippen LogP contribution in [-0.4, -0.2) is 11.9 Å². The van der Waals surface area contributed by atoms with Crippen molar-refractivity contribution < 1.29 is 0 Å². The van der Waals surface area contributed by atoms with Crippen LogP contribution >= 0.6 is 0 Å². The van der Waals surface area contributed by atoms with E-state index in [0.29, 0.717) is 11.5 Å². The molecule has 3 heteroatoms. The standard InChI is InChI=1S/C19H19N3.C2H6/c1-13(2)15-6-4-7-16(10-9-15)19-21-17-8-3-5-14(12-20)11-18(17)22-19;1-2/h3-5,7-11,13,17H,6H2,1-2H3,(H,21,22);1-2H3. The predicted octanol–water partition coefficient (Wildman–Crippen LogP) is 4.76. The Kier molecular flexibility index (Phi) is 6.14. The number of nitrogens with zero attached hydrogens (tertiary/aromatic N) is 2. The van der Waals surface area contributed by atoms with Crippen LogP contribution in [0, 0.1) is 17.2 Å². The summed E-state index contributed by atoms with van der Waals surface area (Å²) in [4.78, 5) is 4.73. The lowest BCUT2D eigenvalue weighted by Crippen LogP contribution is -2.19. The number of allylic oxidation sites excluding steroid dienone is 8. The molecule has 2 aliphatic carbocycles. The molecule has 1 N–H and O–H groups in total. The predicted molar refractivity (Wildman–Crippen MR) is 101 cm³/mol. The molecule has 24 heavy (non-hydrogen) atoms. The van der Waals surface area contributed by atoms with Gasteiger partial charge in [-0.2, -0.15) is 5.26 Å². The molecule has 0 bridgehead atoms. The molecular formula is C21H25N3. The fourth-order valence-corrected chi connectivity index (χ4v) is 2.64. The van der Waals surface area contributed by atoms with Crippen LogP contribution in [-0.2, 0) is 0 Å². The SMILES string of the molecule is CC.CC(C)C1=CC=C(C2=NC3C=CC=C(C#N)C=C3N2)C=CC1. The molecule has 1 atom stereocenters. The summed E-state index contributed by atoms with van der Waals surface area (Å²) < 4.78 is 0. The van der Waals surface area contributed by atoms with E-state index in [4.69, 9.17) is 10.3 Å². The van der Waals surface area contributed by atoms with Crippen LogP contribution in [0.3, 0.4) is 0 Å². The molecule has 1 heterocycles. The Morgan fingerprint density at radius 2 is 2.04 bits per heavy atom. The maximum Gasteiger partial charge on any atom is 0.133 e. The fraction of sp³-hybridized carbons (Fsp3) is 0.333. The molecule has 0 fully saturated rings. The largest absolute Gasteiger partial charge is 0.341 e. The van der Waals surface area contributed by atoms with Crippen LogP contribution in [0.2, 0.25) is 0 Å². The maximum atomic E-state index is 9.08. The normalized spacial score (nSPS) is 21.5. The van der Waals surface area contributed by atoms with Gasteiger partial charge in [0.25, 0.3) is 0 Å². The molecule has 0 aromatic heterocycles. The van der Waals surface area contributed by atoms with Gasteiger partial charge in [0.1, 0.15) is 11.9 Å². The van der Waals surface area contributed by atoms with Crippen molar-refractivity contribution in [1.82, 2.24) is 5.32 Å². The summed E-state index contributed by atoms with van der Waals surface area (Å²) in [5.74, 6) is 1.43. The van der Waals surface area contributed by atoms with Gasteiger partial charge in [-0.25, -0.2) is 0 Å². The summed E-state index contributed by atoms with van der Waals surface area (Å²) in [5, 5.41) is 12.4. The number of aliphatic imine (C=N–C) groups is 1. The zero-order valence-corrected chi connectivity index (χ0v) is 14.9. The molecular weight excluding hydrogens is 294 g/mol. The molecule has 1 aliphatic heterocycles. The Labute approximate surface area is 145 Å². The number of nitriles is 1. The molecule has 0 spiro atoms. The molecule has 1 unspecified atom stereocenters. The highest BCUT2D eigenvalue weighted by molar-refractivity contribution is 6.04. The fourth-order valence-electron chi connectivity index (χ4n) is 2.64. The van der Waals surface area contributed by atoms with Gasteiger partial charge in [0.05, 0.1) is 11.6 Å². The Morgan fingerprint density at radius 3 is 2.75 bits per heavy atom. The Bertz CT molecular complexity index is 732. The molecule has 3 nitrogen and oxygen atoms in total. The van der Waals surface area contributed by atoms with Crippen molar-refractivity contribution in [2.45, 2.75) is 40.2 Å². The van der Waals surface area contributed by atoms with E-state index in [-0.39, 0.29) is 6.04 Å². The van der Waals surface area contributed by atoms with E-state index in [9.17, 15) is 0 Å². The van der Waals surface area contributed by atoms with Crippen LogP contribution in [0.4, 0.5) is 0 Å². The van der Waals surface area contributed by atoms with E-state index < -0.39 is 0 Å². The summed E-state index contributed by atoms with van der Waals surface area (Å²) in [7, 11) is 0. The van der Waals surface area contributed by atoms with Crippen LogP contribution in [0.5, 0.6) is 0 Å². The van der Waals surface area contributed by atoms with Gasteiger partial charge in [0, 0.05) is 11.3 Å². The van der Waals surface area contributed by atoms with Gasteiger partial charge < -0.3 is 5.32 Å². The van der Waals surface area contributed by atoms with Crippen molar-refractivity contribution >= 4 is 5.84 Å². The first-order valence-corrected chi connectivity index (χ1v) is 8.60. The Morgan fingerprint density at radius 1 is 1.25 bits per heavy atom. The Hall–Kier alpha value is -2.60. The highest BCUT2D eigenvalue weighted by Crippen LogP contribution is 2.23. The molecule has 3 rings (SSSR count). The monoisotopic (exact) mass is 319 g/mol. The van der Waals surface area contributed by atoms with E-state index in [1.165, 1.54) is 5.57 Å². The van der Waals surface area contributed by atoms with Crippen molar-refractivity contribution in [3.8, 4) is 6.07 Å². The number of hydrogen-bond donors (Lipinski definition) is 1. The molecule has 0 aromatic rings. The summed E-state index contributed by atoms with van der Waals surface area (Å²) >= 11 is 0. The summed E-state index contributed by atoms with van der Waals surface area (Å²) in [6, 6.07) is 2.16. The van der Waals surface area contributed by atoms with E-state index >= 15 is 0 Å². The molecule has 0 aromatic carbocycles. The van der Waals surface area contributed by atoms with E-state index in [1.807, 2.05) is 38.2 Å². The van der Waals surface area contributed by atoms with Crippen LogP contribution < -0.4 is 5.32 Å². The Balaban J connectivity index is 0.00000100. The molecule has 0 radical (unpaired) electrons. The van der Waals surface area contributed by atoms with Gasteiger partial charge in [-0.05, 0) is 24.5 Å². The van der Waals surface area contributed by atoms with Gasteiger partial charge in [0.2, 0.25) is 0 Å². The third kappa shape index (κ3) is 4.02. The number of fused-ring (bicyclic) bond motifs is 1. The second-order valence-electron chi connectivity index (χ2n) is 5.89. The minimum atomic E-state index is -0.0248. The quantitative estimate of drug-likeness (QED) is 0.798. The zero-order valence-electron chi connectivity index (χ0n) is 14.9. The lowest BCUT2D eigenvalue weighted by atomic mass is 10.0. The lowest BCUT2D eigenvalue weighted by molar-refractivity contribution is 0.748. The van der Waals surface area contributed by atoms with Crippen LogP contribution in [0.15, 0.2) is 76.0 Å². The van der Waals surface area contributed by atoms with E-state index in [0.717, 1.165) is 23.5 Å². The first-order valence-electron chi connectivity index (χ1n) is 8.60. The minimum absolute atomic E-state index is 0.0248. The number of rotatable bonds is 2. The van der Waals surface area contributed by atoms with Gasteiger partial charge in [-0.1, -0.05) is 69.7 Å². The smallest absolute Gasteiger partial charge is 0.133 e. The van der Waals surface area contributed by atoms with E-state index in [1.54, 1.807) is 0 Å². The maximum absolute atomic E-state index is 9.08. The minimum Gasteiger partial charge on any atom is -0.341 e. The van der Waals surface area contributed by atoms with Gasteiger partial charge >= 0.3 is 0 Å². The van der Waals surface area contributed by atoms with Gasteiger partial charge in [0.15, 0.2) is 0 Å². The highest BCUT2D eigenvalue weighted by atomic mass is 15.1. The van der Waals surface area contributed by atoms with Crippen molar-refractivity contribution in [3.05, 3.63) is 71.0 Å². The van der Waals surface area contributed by atoms with Gasteiger partial charge in [-0.15, -0.1) is 0 Å². The van der Waals surface area contributed by atoms with Crippen molar-refractivity contribution in [3.63, 3.8) is 0 Å². The third-order valence-electron chi connectivity index (χ3n) is 4.00. The number of nitrogens with one attached hydrogen (secondary N) is 1. The molecule has 124 valence electrons. The average molecular weight is 319 g/mol. The highest BCUT2D eigenvalue weighted by Gasteiger charge is 2.23. The summed E-state index contributed by atoms with van der Waals surface area (Å²) in [6.45, 7) is 8.43. The molecule has 3 aliphatic rings. The summed E-state index contributed by atoms with van der Waals surface area (Å²) in [5.41, 5.74) is 4.11. The summed E-state index contributed by atoms with van der Waals surface area (Å²) in [6.07, 6.45) is 17.2. The average Bonchev–Trinajstić information content (AvgIpc) is 2.78. The molecule has 0 saturated heterocycles. The van der Waals surface area contributed by atoms with Crippen molar-refractivity contribution in [2.75, 3.05) is 0 Å². The third-order valence-corrected chi connectivity index (χ3v) is 4.00. The topological polar surface area (TPSA) is 48.2 Å². The van der Waals surface area contributed by atoms with Gasteiger partial charge in [-0.3, -0.25) is 4.99 Å².